The van der Waals surface area contributed by atoms with Crippen LogP contribution in [0.3, 0.4) is 0 Å². The van der Waals surface area contributed by atoms with Gasteiger partial charge in [-0.3, -0.25) is 0 Å². The van der Waals surface area contributed by atoms with Crippen molar-refractivity contribution in [1.29, 1.82) is 5.26 Å². The summed E-state index contributed by atoms with van der Waals surface area (Å²) >= 11 is 17.9. The first kappa shape index (κ1) is 10.6. The summed E-state index contributed by atoms with van der Waals surface area (Å²) in [6.07, 6.45) is 0. The van der Waals surface area contributed by atoms with Gasteiger partial charge in [0.2, 0.25) is 0 Å². The molecule has 0 spiro atoms. The van der Waals surface area contributed by atoms with Gasteiger partial charge in [0.05, 0.1) is 10.1 Å². The second kappa shape index (κ2) is 3.90. The van der Waals surface area contributed by atoms with Crippen LogP contribution in [0.4, 0.5) is 0 Å². The molecule has 1 aliphatic rings. The minimum atomic E-state index is 0.0584. The third-order valence-electron chi connectivity index (χ3n) is 2.16. The zero-order valence-electron chi connectivity index (χ0n) is 7.39. The van der Waals surface area contributed by atoms with Crippen LogP contribution in [0.25, 0.3) is 10.6 Å². The third-order valence-corrected chi connectivity index (χ3v) is 3.30. The van der Waals surface area contributed by atoms with E-state index in [-0.39, 0.29) is 5.03 Å². The third kappa shape index (κ3) is 1.55. The normalized spacial score (nSPS) is 17.5. The molecule has 0 aromatic heterocycles. The molecule has 0 N–H and O–H groups in total. The summed E-state index contributed by atoms with van der Waals surface area (Å²) in [7, 11) is 0. The summed E-state index contributed by atoms with van der Waals surface area (Å²) < 4.78 is 0. The Kier molecular flexibility index (Phi) is 2.75. The van der Waals surface area contributed by atoms with Crippen LogP contribution in [0.5, 0.6) is 0 Å². The van der Waals surface area contributed by atoms with Crippen molar-refractivity contribution in [3.8, 4) is 6.07 Å². The van der Waals surface area contributed by atoms with Crippen molar-refractivity contribution < 1.29 is 0 Å². The first-order valence-electron chi connectivity index (χ1n) is 4.12. The van der Waals surface area contributed by atoms with Crippen molar-refractivity contribution in [2.24, 2.45) is 0 Å². The van der Waals surface area contributed by atoms with Gasteiger partial charge in [0.25, 0.3) is 0 Å². The van der Waals surface area contributed by atoms with Crippen molar-refractivity contribution >= 4 is 45.4 Å². The van der Waals surface area contributed by atoms with Gasteiger partial charge in [-0.25, -0.2) is 0 Å². The molecule has 0 saturated heterocycles. The molecule has 0 atom stereocenters. The highest BCUT2D eigenvalue weighted by molar-refractivity contribution is 6.60. The van der Waals surface area contributed by atoms with Crippen molar-refractivity contribution in [2.75, 3.05) is 0 Å². The smallest absolute Gasteiger partial charge is 0.127 e. The lowest BCUT2D eigenvalue weighted by Gasteiger charge is -2.00. The van der Waals surface area contributed by atoms with Crippen LogP contribution in [0, 0.1) is 11.3 Å². The standard InChI is InChI=1S/C11H4Cl3N/c12-8(5-15)9-6-3-1-2-4-7(6)10(13)11(9)14/h1-4H/b9-8+. The van der Waals surface area contributed by atoms with Gasteiger partial charge in [0.1, 0.15) is 11.1 Å². The highest BCUT2D eigenvalue weighted by atomic mass is 35.5. The largest absolute Gasteiger partial charge is 0.191 e. The predicted octanol–water partition coefficient (Wildman–Crippen LogP) is 4.32. The molecule has 1 nitrogen and oxygen atoms in total. The second-order valence-electron chi connectivity index (χ2n) is 2.97. The zero-order chi connectivity index (χ0) is 11.0. The number of halogens is 3. The van der Waals surface area contributed by atoms with E-state index in [1.807, 2.05) is 30.3 Å². The van der Waals surface area contributed by atoms with E-state index in [1.165, 1.54) is 0 Å². The number of nitrogens with zero attached hydrogens (tertiary/aromatic N) is 1. The van der Waals surface area contributed by atoms with Crippen molar-refractivity contribution in [3.63, 3.8) is 0 Å². The molecule has 74 valence electrons. The Morgan fingerprint density at radius 1 is 1.07 bits per heavy atom. The molecule has 4 heteroatoms. The molecule has 0 unspecified atom stereocenters. The van der Waals surface area contributed by atoms with E-state index in [0.29, 0.717) is 15.6 Å². The molecule has 0 amide bonds. The van der Waals surface area contributed by atoms with Crippen molar-refractivity contribution in [3.05, 3.63) is 45.5 Å². The summed E-state index contributed by atoms with van der Waals surface area (Å²) in [5.74, 6) is 0. The predicted molar refractivity (Wildman–Crippen MR) is 63.5 cm³/mol. The Labute approximate surface area is 102 Å². The molecule has 15 heavy (non-hydrogen) atoms. The molecule has 0 bridgehead atoms. The lowest BCUT2D eigenvalue weighted by atomic mass is 10.1. The summed E-state index contributed by atoms with van der Waals surface area (Å²) in [6.45, 7) is 0. The minimum absolute atomic E-state index is 0.0584. The van der Waals surface area contributed by atoms with Gasteiger partial charge in [0.15, 0.2) is 0 Å². The molecule has 1 aromatic rings. The molecule has 2 rings (SSSR count). The summed E-state index contributed by atoms with van der Waals surface area (Å²) in [5, 5.41) is 9.60. The van der Waals surface area contributed by atoms with Crippen LogP contribution < -0.4 is 0 Å². The average molecular weight is 257 g/mol. The van der Waals surface area contributed by atoms with Gasteiger partial charge in [-0.05, 0) is 5.56 Å². The van der Waals surface area contributed by atoms with Crippen LogP contribution in [-0.4, -0.2) is 0 Å². The second-order valence-corrected chi connectivity index (χ2v) is 4.11. The number of allylic oxidation sites excluding steroid dienone is 3. The maximum Gasteiger partial charge on any atom is 0.127 e. The number of rotatable bonds is 0. The van der Waals surface area contributed by atoms with Crippen LogP contribution in [0.15, 0.2) is 34.3 Å². The molecule has 1 aromatic carbocycles. The molecule has 0 heterocycles. The number of hydrogen-bond donors (Lipinski definition) is 0. The first-order valence-corrected chi connectivity index (χ1v) is 5.25. The maximum absolute atomic E-state index is 8.76. The molecule has 1 aliphatic carbocycles. The monoisotopic (exact) mass is 255 g/mol. The van der Waals surface area contributed by atoms with E-state index >= 15 is 0 Å². The molecular weight excluding hydrogens is 252 g/mol. The Hall–Kier alpha value is -0.940. The van der Waals surface area contributed by atoms with Crippen molar-refractivity contribution in [2.45, 2.75) is 0 Å². The lowest BCUT2D eigenvalue weighted by molar-refractivity contribution is 1.52. The number of nitriles is 1. The quantitative estimate of drug-likeness (QED) is 0.634. The molecular formula is C11H4Cl3N. The van der Waals surface area contributed by atoms with Gasteiger partial charge >= 0.3 is 0 Å². The highest BCUT2D eigenvalue weighted by Gasteiger charge is 2.26. The van der Waals surface area contributed by atoms with E-state index in [0.717, 1.165) is 11.1 Å². The van der Waals surface area contributed by atoms with E-state index in [1.54, 1.807) is 0 Å². The van der Waals surface area contributed by atoms with E-state index < -0.39 is 0 Å². The van der Waals surface area contributed by atoms with Crippen LogP contribution in [-0.2, 0) is 0 Å². The van der Waals surface area contributed by atoms with Gasteiger partial charge in [-0.15, -0.1) is 0 Å². The fourth-order valence-electron chi connectivity index (χ4n) is 1.51. The fourth-order valence-corrected chi connectivity index (χ4v) is 2.31. The Balaban J connectivity index is 2.79. The van der Waals surface area contributed by atoms with Crippen molar-refractivity contribution in [1.82, 2.24) is 0 Å². The highest BCUT2D eigenvalue weighted by Crippen LogP contribution is 2.46. The Bertz CT molecular complexity index is 535. The van der Waals surface area contributed by atoms with E-state index in [4.69, 9.17) is 40.1 Å². The molecule has 0 radical (unpaired) electrons. The molecule has 0 fully saturated rings. The Morgan fingerprint density at radius 3 is 2.27 bits per heavy atom. The number of hydrogen-bond acceptors (Lipinski definition) is 1. The lowest BCUT2D eigenvalue weighted by Crippen LogP contribution is -1.83. The summed E-state index contributed by atoms with van der Waals surface area (Å²) in [4.78, 5) is 0. The van der Waals surface area contributed by atoms with Crippen LogP contribution in [0.2, 0.25) is 0 Å². The maximum atomic E-state index is 8.76. The Morgan fingerprint density at radius 2 is 1.67 bits per heavy atom. The summed E-state index contributed by atoms with van der Waals surface area (Å²) in [6, 6.07) is 9.25. The minimum Gasteiger partial charge on any atom is -0.191 e. The van der Waals surface area contributed by atoms with Gasteiger partial charge in [0, 0.05) is 11.1 Å². The SMILES string of the molecule is N#C/C(Cl)=C1\C(Cl)=C(Cl)c2ccccc21. The molecule has 0 aliphatic heterocycles. The number of fused-ring (bicyclic) bond motifs is 1. The summed E-state index contributed by atoms with van der Waals surface area (Å²) in [5.41, 5.74) is 2.13. The van der Waals surface area contributed by atoms with Crippen LogP contribution in [0.1, 0.15) is 11.1 Å². The van der Waals surface area contributed by atoms with Gasteiger partial charge in [-0.2, -0.15) is 5.26 Å². The molecule has 0 saturated carbocycles. The number of benzene rings is 1. The average Bonchev–Trinajstić information content (AvgIpc) is 2.52. The van der Waals surface area contributed by atoms with E-state index in [2.05, 4.69) is 0 Å². The van der Waals surface area contributed by atoms with E-state index in [9.17, 15) is 0 Å². The zero-order valence-corrected chi connectivity index (χ0v) is 9.66. The van der Waals surface area contributed by atoms with Gasteiger partial charge in [-0.1, -0.05) is 59.1 Å². The first-order chi connectivity index (χ1) is 7.16. The topological polar surface area (TPSA) is 23.8 Å². The fraction of sp³-hybridized carbons (Fsp3) is 0. The van der Waals surface area contributed by atoms with Gasteiger partial charge < -0.3 is 0 Å². The van der Waals surface area contributed by atoms with Crippen LogP contribution >= 0.6 is 34.8 Å².